The van der Waals surface area contributed by atoms with Gasteiger partial charge in [0.2, 0.25) is 0 Å². The predicted molar refractivity (Wildman–Crippen MR) is 123 cm³/mol. The summed E-state index contributed by atoms with van der Waals surface area (Å²) in [4.78, 5) is 0.114. The van der Waals surface area contributed by atoms with Gasteiger partial charge in [-0.25, -0.2) is 8.42 Å². The van der Waals surface area contributed by atoms with Crippen molar-refractivity contribution in [2.24, 2.45) is 5.73 Å². The molecule has 0 saturated heterocycles. The highest BCUT2D eigenvalue weighted by Crippen LogP contribution is 2.25. The van der Waals surface area contributed by atoms with E-state index in [-0.39, 0.29) is 11.3 Å². The second-order valence-electron chi connectivity index (χ2n) is 6.83. The zero-order chi connectivity index (χ0) is 21.6. The van der Waals surface area contributed by atoms with Crippen LogP contribution in [0.4, 0.5) is 0 Å². The molecule has 0 saturated carbocycles. The van der Waals surface area contributed by atoms with Gasteiger partial charge in [0.1, 0.15) is 11.5 Å². The summed E-state index contributed by atoms with van der Waals surface area (Å²) in [6.45, 7) is 0. The monoisotopic (exact) mass is 483 g/mol. The van der Waals surface area contributed by atoms with Crippen LogP contribution in [-0.4, -0.2) is 25.0 Å². The van der Waals surface area contributed by atoms with Crippen LogP contribution >= 0.6 is 15.9 Å². The summed E-state index contributed by atoms with van der Waals surface area (Å²) < 4.78 is 27.0. The lowest BCUT2D eigenvalue weighted by Crippen LogP contribution is -2.40. The molecule has 3 aromatic carbocycles. The van der Waals surface area contributed by atoms with Crippen LogP contribution in [0.3, 0.4) is 0 Å². The summed E-state index contributed by atoms with van der Waals surface area (Å²) in [6, 6.07) is 24.0. The molecule has 3 N–H and O–H groups in total. The zero-order valence-electron chi connectivity index (χ0n) is 16.2. The zero-order valence-corrected chi connectivity index (χ0v) is 18.6. The molecule has 2 atom stereocenters. The van der Waals surface area contributed by atoms with Crippen molar-refractivity contribution in [3.05, 3.63) is 88.9 Å². The number of nitrogens with two attached hydrogens (primary N) is 1. The lowest BCUT2D eigenvalue weighted by molar-refractivity contribution is 0.176. The molecule has 0 amide bonds. The predicted octanol–water partition coefficient (Wildman–Crippen LogP) is 4.17. The second kappa shape index (κ2) is 10.1. The van der Waals surface area contributed by atoms with E-state index in [1.807, 2.05) is 54.6 Å². The molecule has 3 rings (SSSR count). The van der Waals surface area contributed by atoms with Crippen molar-refractivity contribution in [2.45, 2.75) is 29.2 Å². The van der Waals surface area contributed by atoms with Crippen molar-refractivity contribution >= 4 is 25.8 Å². The molecule has 0 spiro atoms. The molecular weight excluding hydrogens is 462 g/mol. The Morgan fingerprint density at radius 2 is 1.43 bits per heavy atom. The van der Waals surface area contributed by atoms with Crippen molar-refractivity contribution in [3.8, 4) is 23.0 Å². The molecule has 0 fully saturated rings. The first-order valence-electron chi connectivity index (χ1n) is 9.41. The first-order valence-corrected chi connectivity index (χ1v) is 11.7. The summed E-state index contributed by atoms with van der Waals surface area (Å²) in [5.41, 5.74) is 8.51. The standard InChI is InChI=1S/C24H22BrNO3S/c25-21-14-10-19(11-15-21)20-12-16-22(17-13-20)30(28,29)23(24(26)27)9-5-4-8-18-6-2-1-3-7-18/h1-3,6-7,10-17,23-24,27H,8-9,26H2. The molecule has 0 radical (unpaired) electrons. The van der Waals surface area contributed by atoms with Gasteiger partial charge in [-0.1, -0.05) is 76.4 Å². The Labute approximate surface area is 185 Å². The highest BCUT2D eigenvalue weighted by molar-refractivity contribution is 9.10. The maximum absolute atomic E-state index is 13.0. The van der Waals surface area contributed by atoms with Gasteiger partial charge in [-0.05, 0) is 41.0 Å². The number of hydrogen-bond donors (Lipinski definition) is 2. The molecule has 6 heteroatoms. The van der Waals surface area contributed by atoms with Gasteiger partial charge < -0.3 is 10.8 Å². The minimum atomic E-state index is -3.84. The van der Waals surface area contributed by atoms with Crippen LogP contribution in [0.2, 0.25) is 0 Å². The minimum absolute atomic E-state index is 0.0404. The summed E-state index contributed by atoms with van der Waals surface area (Å²) in [6.07, 6.45) is -1.05. The van der Waals surface area contributed by atoms with Crippen molar-refractivity contribution in [1.82, 2.24) is 0 Å². The molecule has 3 aromatic rings. The lowest BCUT2D eigenvalue weighted by Gasteiger charge is -2.18. The Bertz CT molecular complexity index is 1130. The van der Waals surface area contributed by atoms with Crippen molar-refractivity contribution < 1.29 is 13.5 Å². The van der Waals surface area contributed by atoms with Crippen LogP contribution in [0.5, 0.6) is 0 Å². The van der Waals surface area contributed by atoms with E-state index in [2.05, 4.69) is 27.8 Å². The SMILES string of the molecule is NC(O)C(CC#CCc1ccccc1)S(=O)(=O)c1ccc(-c2ccc(Br)cc2)cc1. The maximum Gasteiger partial charge on any atom is 0.186 e. The van der Waals surface area contributed by atoms with Gasteiger partial charge in [0, 0.05) is 17.3 Å². The number of sulfone groups is 1. The molecule has 0 bridgehead atoms. The Balaban J connectivity index is 1.76. The van der Waals surface area contributed by atoms with E-state index < -0.39 is 21.3 Å². The Morgan fingerprint density at radius 1 is 0.867 bits per heavy atom. The van der Waals surface area contributed by atoms with Gasteiger partial charge in [0.15, 0.2) is 9.84 Å². The van der Waals surface area contributed by atoms with Crippen LogP contribution in [0.25, 0.3) is 11.1 Å². The van der Waals surface area contributed by atoms with Crippen LogP contribution in [0, 0.1) is 11.8 Å². The van der Waals surface area contributed by atoms with Gasteiger partial charge >= 0.3 is 0 Å². The summed E-state index contributed by atoms with van der Waals surface area (Å²) in [5, 5.41) is 8.72. The number of aliphatic hydroxyl groups is 1. The van der Waals surface area contributed by atoms with E-state index in [0.29, 0.717) is 6.42 Å². The Morgan fingerprint density at radius 3 is 2.00 bits per heavy atom. The number of hydrogen-bond acceptors (Lipinski definition) is 4. The minimum Gasteiger partial charge on any atom is -0.377 e. The van der Waals surface area contributed by atoms with Crippen LogP contribution in [0.1, 0.15) is 12.0 Å². The van der Waals surface area contributed by atoms with Gasteiger partial charge in [0.25, 0.3) is 0 Å². The molecule has 4 nitrogen and oxygen atoms in total. The third kappa shape index (κ3) is 5.59. The molecule has 30 heavy (non-hydrogen) atoms. The maximum atomic E-state index is 13.0. The van der Waals surface area contributed by atoms with E-state index in [1.54, 1.807) is 24.3 Å². The molecule has 0 aromatic heterocycles. The van der Waals surface area contributed by atoms with Gasteiger partial charge in [-0.15, -0.1) is 5.92 Å². The van der Waals surface area contributed by atoms with Crippen LogP contribution in [-0.2, 0) is 16.3 Å². The van der Waals surface area contributed by atoms with E-state index in [4.69, 9.17) is 5.73 Å². The molecular formula is C24H22BrNO3S. The third-order valence-electron chi connectivity index (χ3n) is 4.70. The summed E-state index contributed by atoms with van der Waals surface area (Å²) in [7, 11) is -3.84. The largest absolute Gasteiger partial charge is 0.377 e. The number of rotatable bonds is 6. The lowest BCUT2D eigenvalue weighted by atomic mass is 10.1. The van der Waals surface area contributed by atoms with Crippen molar-refractivity contribution in [1.29, 1.82) is 0 Å². The van der Waals surface area contributed by atoms with E-state index in [0.717, 1.165) is 21.2 Å². The smallest absolute Gasteiger partial charge is 0.186 e. The van der Waals surface area contributed by atoms with E-state index in [9.17, 15) is 13.5 Å². The fourth-order valence-corrected chi connectivity index (χ4v) is 4.80. The van der Waals surface area contributed by atoms with Crippen molar-refractivity contribution in [3.63, 3.8) is 0 Å². The Kier molecular flexibility index (Phi) is 7.46. The number of aliphatic hydroxyl groups excluding tert-OH is 1. The number of benzene rings is 3. The first kappa shape index (κ1) is 22.3. The summed E-state index contributed by atoms with van der Waals surface area (Å²) in [5.74, 6) is 5.82. The Hall–Kier alpha value is -2.43. The molecule has 0 aliphatic heterocycles. The van der Waals surface area contributed by atoms with Gasteiger partial charge in [-0.2, -0.15) is 0 Å². The van der Waals surface area contributed by atoms with Gasteiger partial charge in [-0.3, -0.25) is 0 Å². The molecule has 154 valence electrons. The molecule has 0 aliphatic rings. The normalized spacial score (nSPS) is 13.2. The average Bonchev–Trinajstić information content (AvgIpc) is 2.74. The summed E-state index contributed by atoms with van der Waals surface area (Å²) >= 11 is 3.40. The fraction of sp³-hybridized carbons (Fsp3) is 0.167. The number of halogens is 1. The fourth-order valence-electron chi connectivity index (χ4n) is 3.00. The van der Waals surface area contributed by atoms with Crippen LogP contribution < -0.4 is 5.73 Å². The molecule has 0 aliphatic carbocycles. The molecule has 0 heterocycles. The quantitative estimate of drug-likeness (QED) is 0.407. The second-order valence-corrected chi connectivity index (χ2v) is 9.91. The highest BCUT2D eigenvalue weighted by atomic mass is 79.9. The van der Waals surface area contributed by atoms with Gasteiger partial charge in [0.05, 0.1) is 4.90 Å². The van der Waals surface area contributed by atoms with Crippen LogP contribution in [0.15, 0.2) is 88.2 Å². The topological polar surface area (TPSA) is 80.4 Å². The van der Waals surface area contributed by atoms with E-state index in [1.165, 1.54) is 0 Å². The van der Waals surface area contributed by atoms with E-state index >= 15 is 0 Å². The third-order valence-corrected chi connectivity index (χ3v) is 7.40. The van der Waals surface area contributed by atoms with Crippen molar-refractivity contribution in [2.75, 3.05) is 0 Å². The first-order chi connectivity index (χ1) is 14.4. The average molecular weight is 484 g/mol. The highest BCUT2D eigenvalue weighted by Gasteiger charge is 2.31. The molecule has 2 unspecified atom stereocenters.